The molecule has 2 N–H and O–H groups in total. The topological polar surface area (TPSA) is 76.8 Å². The molecule has 1 aliphatic heterocycles. The predicted molar refractivity (Wildman–Crippen MR) is 94.0 cm³/mol. The molecule has 2 fully saturated rings. The fourth-order valence-electron chi connectivity index (χ4n) is 3.75. The van der Waals surface area contributed by atoms with E-state index >= 15 is 0 Å². The second-order valence-electron chi connectivity index (χ2n) is 7.13. The molecule has 4 rings (SSSR count). The van der Waals surface area contributed by atoms with Crippen LogP contribution in [0.25, 0.3) is 11.0 Å². The van der Waals surface area contributed by atoms with E-state index in [1.54, 1.807) is 0 Å². The van der Waals surface area contributed by atoms with E-state index in [-0.39, 0.29) is 6.10 Å². The van der Waals surface area contributed by atoms with Crippen molar-refractivity contribution in [2.75, 3.05) is 19.7 Å². The number of piperidine rings is 1. The lowest BCUT2D eigenvalue weighted by Crippen LogP contribution is -2.34. The summed E-state index contributed by atoms with van der Waals surface area (Å²) >= 11 is 0. The summed E-state index contributed by atoms with van der Waals surface area (Å²) in [7, 11) is 0. The van der Waals surface area contributed by atoms with Crippen molar-refractivity contribution in [2.24, 2.45) is 5.92 Å². The normalized spacial score (nSPS) is 25.2. The Labute approximate surface area is 147 Å². The second-order valence-corrected chi connectivity index (χ2v) is 7.13. The maximum atomic E-state index is 10.2. The monoisotopic (exact) mass is 346 g/mol. The highest BCUT2D eigenvalue weighted by atomic mass is 16.5. The van der Waals surface area contributed by atoms with E-state index in [4.69, 9.17) is 14.0 Å². The van der Waals surface area contributed by atoms with Gasteiger partial charge in [0.1, 0.15) is 17.2 Å². The van der Waals surface area contributed by atoms with Crippen LogP contribution < -0.4 is 14.8 Å². The molecule has 136 valence electrons. The minimum absolute atomic E-state index is 0.175. The smallest absolute Gasteiger partial charge is 0.265 e. The maximum absolute atomic E-state index is 10.2. The molecule has 2 aromatic rings. The molecule has 2 aliphatic rings. The number of hydrogen-bond acceptors (Lipinski definition) is 6. The third-order valence-electron chi connectivity index (χ3n) is 5.29. The summed E-state index contributed by atoms with van der Waals surface area (Å²) < 4.78 is 17.5. The fraction of sp³-hybridized carbons (Fsp3) is 0.632. The van der Waals surface area contributed by atoms with Crippen LogP contribution in [0.15, 0.2) is 22.7 Å². The molecular weight excluding hydrogens is 320 g/mol. The summed E-state index contributed by atoms with van der Waals surface area (Å²) in [4.78, 5) is 0. The minimum Gasteiger partial charge on any atom is -0.487 e. The van der Waals surface area contributed by atoms with Gasteiger partial charge in [-0.1, -0.05) is 12.5 Å². The zero-order chi connectivity index (χ0) is 17.1. The minimum atomic E-state index is -0.414. The Morgan fingerprint density at radius 1 is 1.16 bits per heavy atom. The molecule has 0 bridgehead atoms. The molecule has 1 saturated heterocycles. The van der Waals surface area contributed by atoms with Crippen molar-refractivity contribution in [2.45, 2.75) is 50.7 Å². The van der Waals surface area contributed by atoms with Crippen molar-refractivity contribution in [1.82, 2.24) is 10.5 Å². The number of rotatable bonds is 5. The Morgan fingerprint density at radius 3 is 2.84 bits per heavy atom. The summed E-state index contributed by atoms with van der Waals surface area (Å²) in [6, 6.07) is 5.65. The molecule has 1 aliphatic carbocycles. The van der Waals surface area contributed by atoms with E-state index in [0.717, 1.165) is 57.0 Å². The van der Waals surface area contributed by atoms with Crippen molar-refractivity contribution in [3.05, 3.63) is 18.2 Å². The lowest BCUT2D eigenvalue weighted by Gasteiger charge is -2.28. The Bertz CT molecular complexity index is 696. The van der Waals surface area contributed by atoms with Gasteiger partial charge < -0.3 is 24.4 Å². The van der Waals surface area contributed by atoms with Gasteiger partial charge in [-0.3, -0.25) is 0 Å². The number of nitrogens with one attached hydrogen (secondary N) is 1. The van der Waals surface area contributed by atoms with Crippen LogP contribution in [-0.2, 0) is 0 Å². The average molecular weight is 346 g/mol. The van der Waals surface area contributed by atoms with Crippen molar-refractivity contribution in [3.63, 3.8) is 0 Å². The van der Waals surface area contributed by atoms with E-state index in [2.05, 4.69) is 10.5 Å². The van der Waals surface area contributed by atoms with Gasteiger partial charge in [-0.25, -0.2) is 0 Å². The molecule has 6 nitrogen and oxygen atoms in total. The molecule has 1 aromatic heterocycles. The predicted octanol–water partition coefficient (Wildman–Crippen LogP) is 2.89. The first-order valence-corrected chi connectivity index (χ1v) is 9.38. The first-order chi connectivity index (χ1) is 12.3. The van der Waals surface area contributed by atoms with E-state index in [0.29, 0.717) is 29.7 Å². The summed E-state index contributed by atoms with van der Waals surface area (Å²) in [5.41, 5.74) is 0.656. The van der Waals surface area contributed by atoms with Crippen molar-refractivity contribution in [3.8, 4) is 11.6 Å². The molecule has 0 unspecified atom stereocenters. The van der Waals surface area contributed by atoms with Gasteiger partial charge in [0, 0.05) is 0 Å². The molecule has 0 radical (unpaired) electrons. The van der Waals surface area contributed by atoms with Gasteiger partial charge in [-0.15, -0.1) is 0 Å². The van der Waals surface area contributed by atoms with E-state index in [1.165, 1.54) is 0 Å². The number of benzene rings is 1. The van der Waals surface area contributed by atoms with Gasteiger partial charge in [0.2, 0.25) is 0 Å². The van der Waals surface area contributed by atoms with Crippen LogP contribution in [0.5, 0.6) is 11.6 Å². The molecule has 2 atom stereocenters. The number of aliphatic hydroxyl groups is 1. The Balaban J connectivity index is 1.51. The summed E-state index contributed by atoms with van der Waals surface area (Å²) in [6.45, 7) is 2.73. The number of hydrogen-bond donors (Lipinski definition) is 2. The largest absolute Gasteiger partial charge is 0.487 e. The van der Waals surface area contributed by atoms with E-state index in [1.807, 2.05) is 18.2 Å². The van der Waals surface area contributed by atoms with Crippen LogP contribution in [0.3, 0.4) is 0 Å². The Kier molecular flexibility index (Phi) is 5.08. The van der Waals surface area contributed by atoms with Gasteiger partial charge in [0.05, 0.1) is 12.7 Å². The van der Waals surface area contributed by atoms with Gasteiger partial charge >= 0.3 is 0 Å². The molecule has 25 heavy (non-hydrogen) atoms. The zero-order valence-corrected chi connectivity index (χ0v) is 14.4. The van der Waals surface area contributed by atoms with Crippen molar-refractivity contribution in [1.29, 1.82) is 0 Å². The van der Waals surface area contributed by atoms with E-state index in [9.17, 15) is 5.11 Å². The van der Waals surface area contributed by atoms with Gasteiger partial charge in [0.25, 0.3) is 5.88 Å². The number of aliphatic hydroxyl groups excluding tert-OH is 1. The summed E-state index contributed by atoms with van der Waals surface area (Å²) in [5, 5.41) is 18.4. The molecule has 2 heterocycles. The molecule has 0 amide bonds. The van der Waals surface area contributed by atoms with Crippen LogP contribution >= 0.6 is 0 Å². The van der Waals surface area contributed by atoms with Crippen LogP contribution in [0, 0.1) is 5.92 Å². The molecule has 1 saturated carbocycles. The van der Waals surface area contributed by atoms with Crippen LogP contribution in [0.4, 0.5) is 0 Å². The Morgan fingerprint density at radius 2 is 2.00 bits per heavy atom. The fourth-order valence-corrected chi connectivity index (χ4v) is 3.75. The van der Waals surface area contributed by atoms with Crippen molar-refractivity contribution < 1.29 is 19.1 Å². The highest BCUT2D eigenvalue weighted by Crippen LogP contribution is 2.36. The van der Waals surface area contributed by atoms with Crippen molar-refractivity contribution >= 4 is 11.0 Å². The number of nitrogens with zero attached hydrogens (tertiary/aromatic N) is 1. The van der Waals surface area contributed by atoms with Crippen LogP contribution in [0.1, 0.15) is 38.5 Å². The standard InChI is InChI=1S/C19H26N2O4/c22-14-4-1-2-5-15(14)24-16-6-3-7-17-18(16)19(21-25-17)23-12-13-8-10-20-11-9-13/h3,6-7,13-15,20,22H,1-2,4-5,8-12H2/t14-,15+/m0/s1. The maximum Gasteiger partial charge on any atom is 0.265 e. The molecule has 1 aromatic carbocycles. The quantitative estimate of drug-likeness (QED) is 0.867. The first-order valence-electron chi connectivity index (χ1n) is 9.38. The molecule has 0 spiro atoms. The van der Waals surface area contributed by atoms with Crippen LogP contribution in [0.2, 0.25) is 0 Å². The summed E-state index contributed by atoms with van der Waals surface area (Å²) in [5.74, 6) is 1.72. The second kappa shape index (κ2) is 7.62. The lowest BCUT2D eigenvalue weighted by atomic mass is 9.95. The number of aromatic nitrogens is 1. The average Bonchev–Trinajstić information content (AvgIpc) is 3.07. The zero-order valence-electron chi connectivity index (χ0n) is 14.4. The van der Waals surface area contributed by atoms with Gasteiger partial charge in [-0.05, 0) is 68.4 Å². The Hall–Kier alpha value is -1.79. The third-order valence-corrected chi connectivity index (χ3v) is 5.29. The van der Waals surface area contributed by atoms with Gasteiger partial charge in [0.15, 0.2) is 5.58 Å². The van der Waals surface area contributed by atoms with Crippen LogP contribution in [-0.4, -0.2) is 42.2 Å². The van der Waals surface area contributed by atoms with E-state index < -0.39 is 6.10 Å². The van der Waals surface area contributed by atoms with Gasteiger partial charge in [-0.2, -0.15) is 0 Å². The highest BCUT2D eigenvalue weighted by Gasteiger charge is 2.26. The third kappa shape index (κ3) is 3.75. The molecule has 6 heteroatoms. The first kappa shape index (κ1) is 16.7. The number of ether oxygens (including phenoxy) is 2. The molecular formula is C19H26N2O4. The SMILES string of the molecule is O[C@H]1CCCC[C@H]1Oc1cccc2onc(OCC3CCNCC3)c12. The highest BCUT2D eigenvalue weighted by molar-refractivity contribution is 5.88. The summed E-state index contributed by atoms with van der Waals surface area (Å²) in [6.07, 6.45) is 5.45. The lowest BCUT2D eigenvalue weighted by molar-refractivity contribution is 0.00760. The number of fused-ring (bicyclic) bond motifs is 1.